The van der Waals surface area contributed by atoms with Crippen LogP contribution >= 0.6 is 0 Å². The molecule has 4 rings (SSSR count). The summed E-state index contributed by atoms with van der Waals surface area (Å²) in [6.07, 6.45) is 0.487. The molecule has 0 radical (unpaired) electrons. The number of carboxylic acid groups (broad SMARTS) is 1. The van der Waals surface area contributed by atoms with E-state index in [1.807, 2.05) is 38.1 Å². The Hall–Kier alpha value is -3.35. The van der Waals surface area contributed by atoms with Crippen molar-refractivity contribution in [1.82, 2.24) is 10.2 Å². The standard InChI is InChI=1S/C27H32N2O5/c1-17(25(30)29-14-12-19(26(31)32)18(2)15-29)11-13-28-27(33)34-16-24-22-9-5-3-7-20(22)21-8-4-6-10-23(21)24/h3-10,17-19,24H,11-16H2,1-2H3,(H,28,33)(H,31,32). The summed E-state index contributed by atoms with van der Waals surface area (Å²) < 4.78 is 5.55. The van der Waals surface area contributed by atoms with Crippen molar-refractivity contribution in [2.24, 2.45) is 17.8 Å². The highest BCUT2D eigenvalue weighted by Gasteiger charge is 2.34. The van der Waals surface area contributed by atoms with Crippen molar-refractivity contribution in [2.45, 2.75) is 32.6 Å². The van der Waals surface area contributed by atoms with Gasteiger partial charge in [-0.2, -0.15) is 0 Å². The summed E-state index contributed by atoms with van der Waals surface area (Å²) in [5, 5.41) is 12.0. The largest absolute Gasteiger partial charge is 0.481 e. The van der Waals surface area contributed by atoms with Gasteiger partial charge < -0.3 is 20.1 Å². The van der Waals surface area contributed by atoms with Crippen LogP contribution in [0.1, 0.15) is 43.7 Å². The fraction of sp³-hybridized carbons (Fsp3) is 0.444. The number of nitrogens with one attached hydrogen (secondary N) is 1. The Morgan fingerprint density at radius 1 is 1.09 bits per heavy atom. The zero-order valence-electron chi connectivity index (χ0n) is 19.7. The molecule has 3 atom stereocenters. The normalized spacial score (nSPS) is 20.2. The quantitative estimate of drug-likeness (QED) is 0.643. The van der Waals surface area contributed by atoms with Gasteiger partial charge in [0.2, 0.25) is 5.91 Å². The van der Waals surface area contributed by atoms with Crippen molar-refractivity contribution in [3.8, 4) is 11.1 Å². The zero-order valence-corrected chi connectivity index (χ0v) is 19.7. The first-order valence-corrected chi connectivity index (χ1v) is 12.0. The molecular formula is C27H32N2O5. The van der Waals surface area contributed by atoms with E-state index in [1.165, 1.54) is 11.1 Å². The number of hydrogen-bond donors (Lipinski definition) is 2. The fourth-order valence-corrected chi connectivity index (χ4v) is 5.19. The molecule has 2 N–H and O–H groups in total. The number of alkyl carbamates (subject to hydrolysis) is 1. The molecule has 2 aromatic carbocycles. The summed E-state index contributed by atoms with van der Waals surface area (Å²) in [6, 6.07) is 16.4. The Kier molecular flexibility index (Phi) is 7.20. The predicted molar refractivity (Wildman–Crippen MR) is 128 cm³/mol. The number of carbonyl (C=O) groups excluding carboxylic acids is 2. The molecule has 2 aliphatic rings. The number of hydrogen-bond acceptors (Lipinski definition) is 4. The summed E-state index contributed by atoms with van der Waals surface area (Å²) >= 11 is 0. The molecule has 1 saturated heterocycles. The maximum atomic E-state index is 12.8. The Morgan fingerprint density at radius 2 is 1.71 bits per heavy atom. The minimum absolute atomic E-state index is 0.00465. The highest BCUT2D eigenvalue weighted by atomic mass is 16.5. The number of carbonyl (C=O) groups is 3. The monoisotopic (exact) mass is 464 g/mol. The van der Waals surface area contributed by atoms with Crippen molar-refractivity contribution < 1.29 is 24.2 Å². The maximum absolute atomic E-state index is 12.8. The highest BCUT2D eigenvalue weighted by Crippen LogP contribution is 2.44. The molecule has 1 fully saturated rings. The van der Waals surface area contributed by atoms with Gasteiger partial charge in [-0.1, -0.05) is 62.4 Å². The number of aliphatic carboxylic acids is 1. The van der Waals surface area contributed by atoms with Crippen LogP contribution in [0.2, 0.25) is 0 Å². The number of piperidine rings is 1. The maximum Gasteiger partial charge on any atom is 0.407 e. The lowest BCUT2D eigenvalue weighted by Crippen LogP contribution is -2.47. The molecule has 7 heteroatoms. The van der Waals surface area contributed by atoms with Crippen LogP contribution in [-0.4, -0.2) is 54.2 Å². The van der Waals surface area contributed by atoms with E-state index >= 15 is 0 Å². The van der Waals surface area contributed by atoms with Gasteiger partial charge in [0.15, 0.2) is 0 Å². The van der Waals surface area contributed by atoms with Crippen LogP contribution in [0.4, 0.5) is 4.79 Å². The summed E-state index contributed by atoms with van der Waals surface area (Å²) in [4.78, 5) is 38.1. The van der Waals surface area contributed by atoms with E-state index in [-0.39, 0.29) is 30.3 Å². The first-order chi connectivity index (χ1) is 16.4. The number of nitrogens with zero attached hydrogens (tertiary/aromatic N) is 1. The van der Waals surface area contributed by atoms with Gasteiger partial charge in [-0.25, -0.2) is 4.79 Å². The van der Waals surface area contributed by atoms with Crippen LogP contribution in [-0.2, 0) is 14.3 Å². The smallest absolute Gasteiger partial charge is 0.407 e. The van der Waals surface area contributed by atoms with Crippen LogP contribution in [0.3, 0.4) is 0 Å². The van der Waals surface area contributed by atoms with Gasteiger partial charge in [-0.15, -0.1) is 0 Å². The van der Waals surface area contributed by atoms with Crippen molar-refractivity contribution in [2.75, 3.05) is 26.2 Å². The van der Waals surface area contributed by atoms with Gasteiger partial charge in [-0.3, -0.25) is 9.59 Å². The molecule has 2 aromatic rings. The number of rotatable bonds is 7. The first kappa shape index (κ1) is 23.8. The number of carboxylic acids is 1. The molecule has 0 aromatic heterocycles. The van der Waals surface area contributed by atoms with Crippen LogP contribution in [0, 0.1) is 17.8 Å². The lowest BCUT2D eigenvalue weighted by Gasteiger charge is -2.36. The number of ether oxygens (including phenoxy) is 1. The molecule has 180 valence electrons. The van der Waals surface area contributed by atoms with Gasteiger partial charge in [0.05, 0.1) is 5.92 Å². The summed E-state index contributed by atoms with van der Waals surface area (Å²) in [6.45, 7) is 5.23. The molecule has 0 saturated carbocycles. The zero-order chi connectivity index (χ0) is 24.2. The number of amides is 2. The molecular weight excluding hydrogens is 432 g/mol. The van der Waals surface area contributed by atoms with Crippen molar-refractivity contribution in [3.63, 3.8) is 0 Å². The minimum Gasteiger partial charge on any atom is -0.481 e. The number of benzene rings is 2. The Morgan fingerprint density at radius 3 is 2.29 bits per heavy atom. The molecule has 0 spiro atoms. The summed E-state index contributed by atoms with van der Waals surface area (Å²) in [5.74, 6) is -1.50. The van der Waals surface area contributed by atoms with Crippen molar-refractivity contribution in [1.29, 1.82) is 0 Å². The van der Waals surface area contributed by atoms with Crippen LogP contribution in [0.25, 0.3) is 11.1 Å². The van der Waals surface area contributed by atoms with Crippen LogP contribution < -0.4 is 5.32 Å². The lowest BCUT2D eigenvalue weighted by molar-refractivity contribution is -0.149. The van der Waals surface area contributed by atoms with Crippen molar-refractivity contribution in [3.05, 3.63) is 59.7 Å². The van der Waals surface area contributed by atoms with Crippen LogP contribution in [0.15, 0.2) is 48.5 Å². The molecule has 1 heterocycles. The predicted octanol–water partition coefficient (Wildman–Crippen LogP) is 4.12. The highest BCUT2D eigenvalue weighted by molar-refractivity contribution is 5.80. The van der Waals surface area contributed by atoms with E-state index in [9.17, 15) is 19.5 Å². The Balaban J connectivity index is 1.23. The van der Waals surface area contributed by atoms with E-state index in [2.05, 4.69) is 29.6 Å². The van der Waals surface area contributed by atoms with Gasteiger partial charge in [-0.05, 0) is 41.0 Å². The van der Waals surface area contributed by atoms with Gasteiger partial charge in [0.1, 0.15) is 6.61 Å². The second-order valence-electron chi connectivity index (χ2n) is 9.44. The number of fused-ring (bicyclic) bond motifs is 3. The minimum atomic E-state index is -0.792. The SMILES string of the molecule is CC(CCNC(=O)OCC1c2ccccc2-c2ccccc21)C(=O)N1CCC(C(=O)O)C(C)C1. The molecule has 0 bridgehead atoms. The third-order valence-corrected chi connectivity index (χ3v) is 7.15. The second-order valence-corrected chi connectivity index (χ2v) is 9.44. The molecule has 1 aliphatic heterocycles. The second kappa shape index (κ2) is 10.3. The van der Waals surface area contributed by atoms with Crippen LogP contribution in [0.5, 0.6) is 0 Å². The average Bonchev–Trinajstić information content (AvgIpc) is 3.15. The molecule has 34 heavy (non-hydrogen) atoms. The third-order valence-electron chi connectivity index (χ3n) is 7.15. The molecule has 3 unspecified atom stereocenters. The van der Waals surface area contributed by atoms with Gasteiger partial charge >= 0.3 is 12.1 Å². The lowest BCUT2D eigenvalue weighted by atomic mass is 9.86. The Labute approximate surface area is 200 Å². The van der Waals surface area contributed by atoms with E-state index in [1.54, 1.807) is 4.90 Å². The van der Waals surface area contributed by atoms with Crippen molar-refractivity contribution >= 4 is 18.0 Å². The Bertz CT molecular complexity index is 1020. The third kappa shape index (κ3) is 4.93. The summed E-state index contributed by atoms with van der Waals surface area (Å²) in [5.41, 5.74) is 4.69. The van der Waals surface area contributed by atoms with Gasteiger partial charge in [0.25, 0.3) is 0 Å². The van der Waals surface area contributed by atoms with E-state index in [0.717, 1.165) is 11.1 Å². The molecule has 2 amide bonds. The van der Waals surface area contributed by atoms with Gasteiger partial charge in [0, 0.05) is 31.5 Å². The average molecular weight is 465 g/mol. The summed E-state index contributed by atoms with van der Waals surface area (Å²) in [7, 11) is 0. The van der Waals surface area contributed by atoms with E-state index in [4.69, 9.17) is 4.74 Å². The fourth-order valence-electron chi connectivity index (χ4n) is 5.19. The molecule has 1 aliphatic carbocycles. The number of likely N-dealkylation sites (tertiary alicyclic amines) is 1. The molecule has 7 nitrogen and oxygen atoms in total. The first-order valence-electron chi connectivity index (χ1n) is 12.0. The topological polar surface area (TPSA) is 95.9 Å². The van der Waals surface area contributed by atoms with E-state index in [0.29, 0.717) is 32.5 Å². The van der Waals surface area contributed by atoms with E-state index < -0.39 is 18.0 Å².